The Hall–Kier alpha value is -1.72. The van der Waals surface area contributed by atoms with Crippen LogP contribution in [0.5, 0.6) is 0 Å². The lowest BCUT2D eigenvalue weighted by Crippen LogP contribution is -2.46. The number of likely N-dealkylation sites (tertiary alicyclic amines) is 1. The van der Waals surface area contributed by atoms with Crippen LogP contribution in [0.3, 0.4) is 0 Å². The first kappa shape index (κ1) is 15.7. The average Bonchev–Trinajstić information content (AvgIpc) is 2.85. The zero-order valence-electron chi connectivity index (χ0n) is 13.4. The van der Waals surface area contributed by atoms with Crippen LogP contribution in [0.1, 0.15) is 40.5 Å². The fourth-order valence-electron chi connectivity index (χ4n) is 2.43. The first-order valence-electron chi connectivity index (χ1n) is 7.64. The molecule has 1 N–H and O–H groups in total. The molecule has 0 spiro atoms. The smallest absolute Gasteiger partial charge is 0.410 e. The Morgan fingerprint density at radius 2 is 2.29 bits per heavy atom. The fraction of sp³-hybridized carbons (Fsp3) is 0.733. The minimum absolute atomic E-state index is 0.224. The van der Waals surface area contributed by atoms with E-state index in [0.29, 0.717) is 6.54 Å². The van der Waals surface area contributed by atoms with E-state index in [4.69, 9.17) is 4.74 Å². The van der Waals surface area contributed by atoms with Gasteiger partial charge >= 0.3 is 6.09 Å². The molecular weight excluding hydrogens is 268 g/mol. The van der Waals surface area contributed by atoms with Crippen LogP contribution >= 0.6 is 0 Å². The van der Waals surface area contributed by atoms with E-state index in [-0.39, 0.29) is 12.1 Å². The zero-order valence-corrected chi connectivity index (χ0v) is 13.4. The van der Waals surface area contributed by atoms with E-state index in [1.807, 2.05) is 37.8 Å². The first-order chi connectivity index (χ1) is 9.87. The number of aryl methyl sites for hydroxylation is 1. The number of rotatable bonds is 3. The largest absolute Gasteiger partial charge is 0.444 e. The molecule has 6 nitrogen and oxygen atoms in total. The summed E-state index contributed by atoms with van der Waals surface area (Å²) in [5.41, 5.74) is 0.563. The number of nitrogens with zero attached hydrogens (tertiary/aromatic N) is 3. The summed E-state index contributed by atoms with van der Waals surface area (Å²) in [6.07, 6.45) is 5.64. The maximum absolute atomic E-state index is 12.1. The van der Waals surface area contributed by atoms with Gasteiger partial charge < -0.3 is 15.0 Å². The Morgan fingerprint density at radius 3 is 2.90 bits per heavy atom. The van der Waals surface area contributed by atoms with Crippen LogP contribution in [0, 0.1) is 0 Å². The lowest BCUT2D eigenvalue weighted by molar-refractivity contribution is 0.0206. The number of anilines is 1. The Labute approximate surface area is 126 Å². The second-order valence-electron chi connectivity index (χ2n) is 6.49. The topological polar surface area (TPSA) is 59.4 Å². The molecule has 0 saturated carbocycles. The molecule has 6 heteroatoms. The van der Waals surface area contributed by atoms with Crippen molar-refractivity contribution in [3.05, 3.63) is 12.4 Å². The van der Waals surface area contributed by atoms with Crippen LogP contribution < -0.4 is 5.32 Å². The van der Waals surface area contributed by atoms with Crippen LogP contribution in [-0.2, 0) is 11.3 Å². The van der Waals surface area contributed by atoms with Crippen LogP contribution in [0.15, 0.2) is 12.4 Å². The lowest BCUT2D eigenvalue weighted by Gasteiger charge is -2.34. The van der Waals surface area contributed by atoms with Gasteiger partial charge in [-0.25, -0.2) is 4.79 Å². The third-order valence-corrected chi connectivity index (χ3v) is 3.40. The van der Waals surface area contributed by atoms with Crippen molar-refractivity contribution in [1.82, 2.24) is 14.7 Å². The van der Waals surface area contributed by atoms with E-state index in [9.17, 15) is 4.79 Å². The Balaban J connectivity index is 1.89. The monoisotopic (exact) mass is 294 g/mol. The van der Waals surface area contributed by atoms with E-state index in [1.54, 1.807) is 4.90 Å². The van der Waals surface area contributed by atoms with Gasteiger partial charge in [-0.2, -0.15) is 5.10 Å². The summed E-state index contributed by atoms with van der Waals surface area (Å²) in [7, 11) is 0. The molecule has 1 unspecified atom stereocenters. The SMILES string of the molecule is CCn1cc(NC2CCCN(C(=O)OC(C)(C)C)C2)cn1. The van der Waals surface area contributed by atoms with Crippen molar-refractivity contribution in [2.75, 3.05) is 18.4 Å². The Bertz CT molecular complexity index is 478. The van der Waals surface area contributed by atoms with Crippen molar-refractivity contribution >= 4 is 11.8 Å². The summed E-state index contributed by atoms with van der Waals surface area (Å²) in [5, 5.41) is 7.70. The van der Waals surface area contributed by atoms with Crippen molar-refractivity contribution in [3.8, 4) is 0 Å². The molecule has 118 valence electrons. The minimum Gasteiger partial charge on any atom is -0.444 e. The van der Waals surface area contributed by atoms with Gasteiger partial charge in [-0.15, -0.1) is 0 Å². The highest BCUT2D eigenvalue weighted by Crippen LogP contribution is 2.18. The maximum Gasteiger partial charge on any atom is 0.410 e. The number of hydrogen-bond donors (Lipinski definition) is 1. The molecule has 1 amide bonds. The molecule has 1 aromatic rings. The molecule has 1 fully saturated rings. The number of amides is 1. The third kappa shape index (κ3) is 4.65. The van der Waals surface area contributed by atoms with Crippen molar-refractivity contribution in [1.29, 1.82) is 0 Å². The highest BCUT2D eigenvalue weighted by molar-refractivity contribution is 5.68. The molecule has 2 heterocycles. The van der Waals surface area contributed by atoms with Gasteiger partial charge in [0.2, 0.25) is 0 Å². The lowest BCUT2D eigenvalue weighted by atomic mass is 10.1. The van der Waals surface area contributed by atoms with Crippen LogP contribution in [0.2, 0.25) is 0 Å². The molecule has 1 aliphatic rings. The van der Waals surface area contributed by atoms with Crippen LogP contribution in [0.4, 0.5) is 10.5 Å². The molecule has 1 aromatic heterocycles. The summed E-state index contributed by atoms with van der Waals surface area (Å²) in [6, 6.07) is 0.251. The van der Waals surface area contributed by atoms with Gasteiger partial charge in [0, 0.05) is 31.9 Å². The van der Waals surface area contributed by atoms with Gasteiger partial charge in [0.25, 0.3) is 0 Å². The minimum atomic E-state index is -0.445. The standard InChI is InChI=1S/C15H26N4O2/c1-5-19-11-13(9-16-19)17-12-7-6-8-18(10-12)14(20)21-15(2,3)4/h9,11-12,17H,5-8,10H2,1-4H3. The van der Waals surface area contributed by atoms with Crippen molar-refractivity contribution in [2.24, 2.45) is 0 Å². The normalized spacial score (nSPS) is 19.4. The van der Waals surface area contributed by atoms with Gasteiger partial charge in [-0.3, -0.25) is 4.68 Å². The van der Waals surface area contributed by atoms with Gasteiger partial charge in [0.1, 0.15) is 5.60 Å². The van der Waals surface area contributed by atoms with Crippen molar-refractivity contribution in [3.63, 3.8) is 0 Å². The Kier molecular flexibility index (Phi) is 4.75. The summed E-state index contributed by atoms with van der Waals surface area (Å²) >= 11 is 0. The molecule has 1 atom stereocenters. The molecule has 1 aliphatic heterocycles. The molecule has 21 heavy (non-hydrogen) atoms. The summed E-state index contributed by atoms with van der Waals surface area (Å²) in [6.45, 7) is 10.0. The second-order valence-corrected chi connectivity index (χ2v) is 6.49. The summed E-state index contributed by atoms with van der Waals surface area (Å²) in [5.74, 6) is 0. The number of nitrogens with one attached hydrogen (secondary N) is 1. The number of aromatic nitrogens is 2. The van der Waals surface area contributed by atoms with Crippen molar-refractivity contribution in [2.45, 2.75) is 58.7 Å². The van der Waals surface area contributed by atoms with E-state index in [1.165, 1.54) is 0 Å². The molecule has 2 rings (SSSR count). The van der Waals surface area contributed by atoms with Gasteiger partial charge in [-0.05, 0) is 40.5 Å². The average molecular weight is 294 g/mol. The number of carbonyl (C=O) groups excluding carboxylic acids is 1. The molecule has 0 bridgehead atoms. The molecule has 0 radical (unpaired) electrons. The number of piperidine rings is 1. The summed E-state index contributed by atoms with van der Waals surface area (Å²) < 4.78 is 7.33. The number of hydrogen-bond acceptors (Lipinski definition) is 4. The van der Waals surface area contributed by atoms with Crippen LogP contribution in [-0.4, -0.2) is 45.5 Å². The predicted octanol–water partition coefficient (Wildman–Crippen LogP) is 2.71. The van der Waals surface area contributed by atoms with E-state index in [0.717, 1.165) is 31.6 Å². The highest BCUT2D eigenvalue weighted by Gasteiger charge is 2.27. The zero-order chi connectivity index (χ0) is 15.5. The van der Waals surface area contributed by atoms with E-state index in [2.05, 4.69) is 17.3 Å². The van der Waals surface area contributed by atoms with Crippen LogP contribution in [0.25, 0.3) is 0 Å². The quantitative estimate of drug-likeness (QED) is 0.931. The summed E-state index contributed by atoms with van der Waals surface area (Å²) in [4.78, 5) is 13.9. The maximum atomic E-state index is 12.1. The molecule has 1 saturated heterocycles. The highest BCUT2D eigenvalue weighted by atomic mass is 16.6. The first-order valence-corrected chi connectivity index (χ1v) is 7.64. The van der Waals surface area contributed by atoms with E-state index >= 15 is 0 Å². The Morgan fingerprint density at radius 1 is 1.52 bits per heavy atom. The van der Waals surface area contributed by atoms with Gasteiger partial charge in [0.15, 0.2) is 0 Å². The fourth-order valence-corrected chi connectivity index (χ4v) is 2.43. The second kappa shape index (κ2) is 6.37. The number of carbonyl (C=O) groups is 1. The number of ether oxygens (including phenoxy) is 1. The molecule has 0 aliphatic carbocycles. The molecular formula is C15H26N4O2. The third-order valence-electron chi connectivity index (χ3n) is 3.40. The molecule has 0 aromatic carbocycles. The predicted molar refractivity (Wildman–Crippen MR) is 82.4 cm³/mol. The van der Waals surface area contributed by atoms with Crippen molar-refractivity contribution < 1.29 is 9.53 Å². The van der Waals surface area contributed by atoms with E-state index < -0.39 is 5.60 Å². The van der Waals surface area contributed by atoms with Gasteiger partial charge in [-0.1, -0.05) is 0 Å². The van der Waals surface area contributed by atoms with Gasteiger partial charge in [0.05, 0.1) is 11.9 Å².